The lowest BCUT2D eigenvalue weighted by molar-refractivity contribution is -0.133. The highest BCUT2D eigenvalue weighted by Crippen LogP contribution is 2.48. The molecule has 0 radical (unpaired) electrons. The second kappa shape index (κ2) is 10.1. The second-order valence-corrected chi connectivity index (χ2v) is 8.88. The van der Waals surface area contributed by atoms with Crippen LogP contribution in [0.3, 0.4) is 0 Å². The topological polar surface area (TPSA) is 64.8 Å². The number of ether oxygens (including phenoxy) is 2. The van der Waals surface area contributed by atoms with Gasteiger partial charge in [-0.3, -0.25) is 4.79 Å². The van der Waals surface area contributed by atoms with Gasteiger partial charge in [0.05, 0.1) is 5.60 Å². The maximum atomic E-state index is 11.8. The van der Waals surface area contributed by atoms with E-state index in [1.54, 1.807) is 6.07 Å². The van der Waals surface area contributed by atoms with Crippen LogP contribution in [0.2, 0.25) is 0 Å². The van der Waals surface area contributed by atoms with Gasteiger partial charge in [-0.05, 0) is 61.8 Å². The molecule has 0 spiro atoms. The Hall–Kier alpha value is -1.43. The summed E-state index contributed by atoms with van der Waals surface area (Å²) in [5, 5.41) is 0. The molecule has 2 fully saturated rings. The minimum Gasteiger partial charge on any atom is -0.381 e. The van der Waals surface area contributed by atoms with Gasteiger partial charge >= 0.3 is 0 Å². The highest BCUT2D eigenvalue weighted by atomic mass is 16.5. The van der Waals surface area contributed by atoms with Gasteiger partial charge in [0.1, 0.15) is 0 Å². The van der Waals surface area contributed by atoms with Crippen molar-refractivity contribution in [3.05, 3.63) is 35.4 Å². The molecule has 3 rings (SSSR count). The van der Waals surface area contributed by atoms with Gasteiger partial charge in [-0.25, -0.2) is 0 Å². The van der Waals surface area contributed by atoms with E-state index in [1.165, 1.54) is 6.42 Å². The minimum absolute atomic E-state index is 0.382. The number of carbonyl (C=O) groups is 1. The lowest BCUT2D eigenvalue weighted by Gasteiger charge is -2.49. The van der Waals surface area contributed by atoms with E-state index in [-0.39, 0.29) is 11.5 Å². The molecule has 3 unspecified atom stereocenters. The molecule has 1 amide bonds. The molecule has 1 saturated carbocycles. The molecule has 162 valence electrons. The fourth-order valence-electron chi connectivity index (χ4n) is 5.59. The van der Waals surface area contributed by atoms with Gasteiger partial charge < -0.3 is 20.1 Å². The number of amides is 1. The van der Waals surface area contributed by atoms with Crippen molar-refractivity contribution in [3.8, 4) is 0 Å². The number of rotatable bonds is 8. The zero-order valence-corrected chi connectivity index (χ0v) is 18.4. The van der Waals surface area contributed by atoms with Crippen molar-refractivity contribution in [2.45, 2.75) is 51.6 Å². The predicted molar refractivity (Wildman–Crippen MR) is 116 cm³/mol. The molecule has 0 aromatic heterocycles. The van der Waals surface area contributed by atoms with Crippen LogP contribution >= 0.6 is 0 Å². The zero-order chi connectivity index (χ0) is 20.9. The van der Waals surface area contributed by atoms with Crippen molar-refractivity contribution in [1.82, 2.24) is 4.90 Å². The van der Waals surface area contributed by atoms with Crippen molar-refractivity contribution in [3.63, 3.8) is 0 Å². The van der Waals surface area contributed by atoms with Crippen LogP contribution in [0.25, 0.3) is 0 Å². The lowest BCUT2D eigenvalue weighted by Crippen LogP contribution is -2.51. The normalized spacial score (nSPS) is 28.6. The largest absolute Gasteiger partial charge is 0.381 e. The third-order valence-electron chi connectivity index (χ3n) is 7.25. The highest BCUT2D eigenvalue weighted by molar-refractivity contribution is 5.92. The Morgan fingerprint density at radius 1 is 1.24 bits per heavy atom. The Balaban J connectivity index is 1.86. The predicted octanol–water partition coefficient (Wildman–Crippen LogP) is 3.81. The Morgan fingerprint density at radius 3 is 2.66 bits per heavy atom. The summed E-state index contributed by atoms with van der Waals surface area (Å²) in [5.41, 5.74) is 6.85. The van der Waals surface area contributed by atoms with Crippen molar-refractivity contribution in [2.75, 3.05) is 40.0 Å². The zero-order valence-electron chi connectivity index (χ0n) is 18.4. The fraction of sp³-hybridized carbons (Fsp3) is 0.708. The van der Waals surface area contributed by atoms with Crippen LogP contribution in [-0.2, 0) is 15.1 Å². The van der Waals surface area contributed by atoms with Gasteiger partial charge in [0.25, 0.3) is 0 Å². The molecule has 2 N–H and O–H groups in total. The average molecular weight is 403 g/mol. The number of hydrogen-bond donors (Lipinski definition) is 1. The van der Waals surface area contributed by atoms with E-state index in [0.717, 1.165) is 70.0 Å². The van der Waals surface area contributed by atoms with Crippen LogP contribution in [0.15, 0.2) is 24.3 Å². The molecule has 5 heteroatoms. The molecule has 1 aromatic carbocycles. The van der Waals surface area contributed by atoms with E-state index in [1.807, 2.05) is 19.2 Å². The Labute approximate surface area is 175 Å². The van der Waals surface area contributed by atoms with Gasteiger partial charge in [-0.2, -0.15) is 0 Å². The summed E-state index contributed by atoms with van der Waals surface area (Å²) < 4.78 is 11.9. The molecule has 0 bridgehead atoms. The molecule has 1 saturated heterocycles. The second-order valence-electron chi connectivity index (χ2n) is 8.88. The summed E-state index contributed by atoms with van der Waals surface area (Å²) in [4.78, 5) is 14.4. The third-order valence-corrected chi connectivity index (χ3v) is 7.25. The average Bonchev–Trinajstić information content (AvgIpc) is 2.74. The van der Waals surface area contributed by atoms with Crippen LogP contribution < -0.4 is 5.73 Å². The Bertz CT molecular complexity index is 674. The van der Waals surface area contributed by atoms with E-state index in [9.17, 15) is 4.79 Å². The van der Waals surface area contributed by atoms with Gasteiger partial charge in [0.2, 0.25) is 5.91 Å². The molecule has 2 aliphatic rings. The summed E-state index contributed by atoms with van der Waals surface area (Å²) in [6, 6.07) is 7.80. The molecule has 1 heterocycles. The smallest absolute Gasteiger partial charge is 0.248 e. The molecule has 3 atom stereocenters. The monoisotopic (exact) mass is 402 g/mol. The first-order valence-electron chi connectivity index (χ1n) is 11.3. The Morgan fingerprint density at radius 2 is 2.00 bits per heavy atom. The molecule has 1 aromatic rings. The van der Waals surface area contributed by atoms with Crippen LogP contribution in [0.5, 0.6) is 0 Å². The first-order valence-corrected chi connectivity index (χ1v) is 11.3. The maximum Gasteiger partial charge on any atom is 0.248 e. The quantitative estimate of drug-likeness (QED) is 0.718. The van der Waals surface area contributed by atoms with Gasteiger partial charge in [0, 0.05) is 44.9 Å². The van der Waals surface area contributed by atoms with Crippen molar-refractivity contribution < 1.29 is 14.3 Å². The van der Waals surface area contributed by atoms with E-state index < -0.39 is 0 Å². The molecule has 1 aliphatic heterocycles. The molecule has 5 nitrogen and oxygen atoms in total. The van der Waals surface area contributed by atoms with Crippen molar-refractivity contribution in [1.29, 1.82) is 0 Å². The molecule has 1 aliphatic carbocycles. The van der Waals surface area contributed by atoms with Gasteiger partial charge in [-0.15, -0.1) is 0 Å². The summed E-state index contributed by atoms with van der Waals surface area (Å²) in [7, 11) is 1.83. The number of hydrogen-bond acceptors (Lipinski definition) is 4. The Kier molecular flexibility index (Phi) is 7.72. The minimum atomic E-state index is -0.382. The SMILES string of the molecule is CCN(CC1CCOCC1)CC1CCCC(C)C1(OC)c1cccc(C(N)=O)c1. The molecular formula is C24H38N2O3. The summed E-state index contributed by atoms with van der Waals surface area (Å²) in [6.07, 6.45) is 5.82. The maximum absolute atomic E-state index is 11.8. The fourth-order valence-corrected chi connectivity index (χ4v) is 5.59. The lowest BCUT2D eigenvalue weighted by atomic mass is 9.65. The van der Waals surface area contributed by atoms with Gasteiger partial charge in [-0.1, -0.05) is 32.4 Å². The highest BCUT2D eigenvalue weighted by Gasteiger charge is 2.48. The van der Waals surface area contributed by atoms with Crippen LogP contribution in [-0.4, -0.2) is 50.8 Å². The molecular weight excluding hydrogens is 364 g/mol. The van der Waals surface area contributed by atoms with Crippen LogP contribution in [0, 0.1) is 17.8 Å². The first kappa shape index (κ1) is 22.3. The number of nitrogens with two attached hydrogens (primary N) is 1. The third kappa shape index (κ3) is 4.84. The van der Waals surface area contributed by atoms with Crippen molar-refractivity contribution >= 4 is 5.91 Å². The first-order chi connectivity index (χ1) is 14.0. The number of nitrogens with zero attached hydrogens (tertiary/aromatic N) is 1. The standard InChI is InChI=1S/C24H38N2O3/c1-4-26(16-19-11-13-29-14-12-19)17-22-10-5-7-18(2)24(22,28-3)21-9-6-8-20(15-21)23(25)27/h6,8-9,15,18-19,22H,4-5,7,10-14,16-17H2,1-3H3,(H2,25,27). The van der Waals surface area contributed by atoms with Crippen molar-refractivity contribution in [2.24, 2.45) is 23.5 Å². The summed E-state index contributed by atoms with van der Waals surface area (Å²) in [6.45, 7) is 9.53. The van der Waals surface area contributed by atoms with Crippen LogP contribution in [0.4, 0.5) is 0 Å². The van der Waals surface area contributed by atoms with Gasteiger partial charge in [0.15, 0.2) is 0 Å². The number of methoxy groups -OCH3 is 1. The van der Waals surface area contributed by atoms with E-state index in [0.29, 0.717) is 17.4 Å². The number of carbonyl (C=O) groups excluding carboxylic acids is 1. The molecule has 29 heavy (non-hydrogen) atoms. The van der Waals surface area contributed by atoms with E-state index in [2.05, 4.69) is 24.8 Å². The summed E-state index contributed by atoms with van der Waals surface area (Å²) in [5.74, 6) is 1.11. The van der Waals surface area contributed by atoms with E-state index in [4.69, 9.17) is 15.2 Å². The van der Waals surface area contributed by atoms with E-state index >= 15 is 0 Å². The summed E-state index contributed by atoms with van der Waals surface area (Å²) >= 11 is 0. The number of benzene rings is 1. The van der Waals surface area contributed by atoms with Crippen LogP contribution in [0.1, 0.15) is 61.9 Å². The number of primary amides is 1.